The number of imidazole rings is 1. The van der Waals surface area contributed by atoms with Crippen molar-refractivity contribution in [3.05, 3.63) is 112 Å². The number of aromatic amines is 1. The van der Waals surface area contributed by atoms with Crippen molar-refractivity contribution in [1.82, 2.24) is 14.9 Å². The van der Waals surface area contributed by atoms with Gasteiger partial charge in [-0.2, -0.15) is 0 Å². The molecule has 148 valence electrons. The number of hydrogen-bond donors (Lipinski definition) is 2. The average Bonchev–Trinajstić information content (AvgIpc) is 3.11. The Morgan fingerprint density at radius 3 is 2.10 bits per heavy atom. The first-order valence-corrected chi connectivity index (χ1v) is 9.66. The van der Waals surface area contributed by atoms with Gasteiger partial charge in [-0.05, 0) is 43.3 Å². The lowest BCUT2D eigenvalue weighted by Crippen LogP contribution is -2.31. The minimum absolute atomic E-state index is 0.198. The summed E-state index contributed by atoms with van der Waals surface area (Å²) in [6.45, 7) is 1.85. The molecule has 0 saturated carbocycles. The quantitative estimate of drug-likeness (QED) is 0.547. The number of benzene rings is 3. The number of aryl methyl sites for hydroxylation is 1. The molecule has 1 amide bonds. The Kier molecular flexibility index (Phi) is 4.25. The van der Waals surface area contributed by atoms with E-state index in [2.05, 4.69) is 10.3 Å². The van der Waals surface area contributed by atoms with Crippen LogP contribution in [0.2, 0.25) is 0 Å². The van der Waals surface area contributed by atoms with Gasteiger partial charge in [-0.1, -0.05) is 36.4 Å². The summed E-state index contributed by atoms with van der Waals surface area (Å²) in [7, 11) is 0. The number of aromatic nitrogens is 2. The predicted molar refractivity (Wildman–Crippen MR) is 113 cm³/mol. The molecule has 2 N–H and O–H groups in total. The second-order valence-electron chi connectivity index (χ2n) is 7.20. The summed E-state index contributed by atoms with van der Waals surface area (Å²) < 4.78 is 7.55. The van der Waals surface area contributed by atoms with Gasteiger partial charge >= 0.3 is 5.69 Å². The molecule has 6 heteroatoms. The van der Waals surface area contributed by atoms with Crippen molar-refractivity contribution in [1.29, 1.82) is 0 Å². The van der Waals surface area contributed by atoms with E-state index < -0.39 is 0 Å². The molecule has 6 nitrogen and oxygen atoms in total. The van der Waals surface area contributed by atoms with Crippen LogP contribution in [0.25, 0.3) is 5.69 Å². The van der Waals surface area contributed by atoms with Crippen molar-refractivity contribution in [2.24, 2.45) is 0 Å². The van der Waals surface area contributed by atoms with Crippen LogP contribution >= 0.6 is 0 Å². The molecule has 0 bridgehead atoms. The zero-order valence-corrected chi connectivity index (χ0v) is 16.3. The number of rotatable bonds is 3. The van der Waals surface area contributed by atoms with Crippen LogP contribution in [0.15, 0.2) is 83.8 Å². The number of nitrogens with one attached hydrogen (secondary N) is 2. The number of para-hydroxylation sites is 2. The molecule has 1 aromatic heterocycles. The number of fused-ring (bicyclic) bond motifs is 2. The van der Waals surface area contributed by atoms with Crippen LogP contribution in [-0.4, -0.2) is 15.5 Å². The van der Waals surface area contributed by atoms with Crippen molar-refractivity contribution >= 4 is 5.91 Å². The van der Waals surface area contributed by atoms with Gasteiger partial charge in [0.1, 0.15) is 11.5 Å². The maximum Gasteiger partial charge on any atom is 0.330 e. The zero-order chi connectivity index (χ0) is 20.7. The normalized spacial score (nSPS) is 12.6. The van der Waals surface area contributed by atoms with Crippen molar-refractivity contribution < 1.29 is 9.53 Å². The molecule has 4 aromatic rings. The standard InChI is InChI=1S/C24H19N3O3/c1-15-14-25-24(29)27(15)17-12-10-16(11-13-17)23(28)26-22-18-6-2-4-8-20(18)30-21-9-5-3-7-19(21)22/h2-14,22H,1H3,(H,25,29)(H,26,28). The first-order chi connectivity index (χ1) is 14.6. The molecule has 0 aliphatic carbocycles. The van der Waals surface area contributed by atoms with Crippen LogP contribution < -0.4 is 15.7 Å². The summed E-state index contributed by atoms with van der Waals surface area (Å²) in [6.07, 6.45) is 1.66. The number of carbonyl (C=O) groups is 1. The first-order valence-electron chi connectivity index (χ1n) is 9.66. The van der Waals surface area contributed by atoms with E-state index in [4.69, 9.17) is 4.74 Å². The highest BCUT2D eigenvalue weighted by Crippen LogP contribution is 2.42. The largest absolute Gasteiger partial charge is 0.457 e. The molecule has 0 unspecified atom stereocenters. The van der Waals surface area contributed by atoms with E-state index in [1.807, 2.05) is 55.5 Å². The number of carbonyl (C=O) groups excluding carboxylic acids is 1. The molecule has 30 heavy (non-hydrogen) atoms. The van der Waals surface area contributed by atoms with Crippen LogP contribution in [0.5, 0.6) is 11.5 Å². The van der Waals surface area contributed by atoms with Gasteiger partial charge < -0.3 is 15.0 Å². The van der Waals surface area contributed by atoms with Crippen LogP contribution in [0, 0.1) is 6.92 Å². The Morgan fingerprint density at radius 2 is 1.53 bits per heavy atom. The number of hydrogen-bond acceptors (Lipinski definition) is 3. The summed E-state index contributed by atoms with van der Waals surface area (Å²) >= 11 is 0. The monoisotopic (exact) mass is 397 g/mol. The van der Waals surface area contributed by atoms with Crippen LogP contribution in [-0.2, 0) is 0 Å². The minimum Gasteiger partial charge on any atom is -0.457 e. The fraction of sp³-hybridized carbons (Fsp3) is 0.0833. The molecule has 0 radical (unpaired) electrons. The smallest absolute Gasteiger partial charge is 0.330 e. The van der Waals surface area contributed by atoms with Gasteiger partial charge in [0.2, 0.25) is 0 Å². The fourth-order valence-corrected chi connectivity index (χ4v) is 3.82. The number of ether oxygens (including phenoxy) is 1. The summed E-state index contributed by atoms with van der Waals surface area (Å²) in [5.74, 6) is 1.27. The van der Waals surface area contributed by atoms with E-state index >= 15 is 0 Å². The molecule has 0 atom stereocenters. The van der Waals surface area contributed by atoms with Crippen molar-refractivity contribution in [3.8, 4) is 17.2 Å². The third-order valence-corrected chi connectivity index (χ3v) is 5.30. The molecule has 5 rings (SSSR count). The van der Waals surface area contributed by atoms with E-state index in [1.54, 1.807) is 35.0 Å². The molecular formula is C24H19N3O3. The van der Waals surface area contributed by atoms with E-state index in [0.717, 1.165) is 28.3 Å². The number of H-pyrrole nitrogens is 1. The van der Waals surface area contributed by atoms with Crippen molar-refractivity contribution in [2.45, 2.75) is 13.0 Å². The molecule has 3 aromatic carbocycles. The molecule has 0 spiro atoms. The fourth-order valence-electron chi connectivity index (χ4n) is 3.82. The van der Waals surface area contributed by atoms with Crippen LogP contribution in [0.3, 0.4) is 0 Å². The third-order valence-electron chi connectivity index (χ3n) is 5.30. The highest BCUT2D eigenvalue weighted by Gasteiger charge is 2.28. The topological polar surface area (TPSA) is 76.1 Å². The average molecular weight is 397 g/mol. The lowest BCUT2D eigenvalue weighted by molar-refractivity contribution is 0.0941. The number of nitrogens with zero attached hydrogens (tertiary/aromatic N) is 1. The zero-order valence-electron chi connectivity index (χ0n) is 16.3. The van der Waals surface area contributed by atoms with Gasteiger partial charge in [0.05, 0.1) is 11.7 Å². The molecule has 2 heterocycles. The van der Waals surface area contributed by atoms with Gasteiger partial charge in [-0.15, -0.1) is 0 Å². The first kappa shape index (κ1) is 18.0. The summed E-state index contributed by atoms with van der Waals surface area (Å²) in [5, 5.41) is 3.13. The Balaban J connectivity index is 1.46. The summed E-state index contributed by atoms with van der Waals surface area (Å²) in [6, 6.07) is 22.1. The van der Waals surface area contributed by atoms with Gasteiger partial charge in [0.15, 0.2) is 0 Å². The Hall–Kier alpha value is -4.06. The lowest BCUT2D eigenvalue weighted by atomic mass is 9.94. The van der Waals surface area contributed by atoms with Crippen LogP contribution in [0.1, 0.15) is 33.2 Å². The highest BCUT2D eigenvalue weighted by atomic mass is 16.5. The molecule has 0 saturated heterocycles. The SMILES string of the molecule is Cc1c[nH]c(=O)n1-c1ccc(C(=O)NC2c3ccccc3Oc3ccccc32)cc1. The van der Waals surface area contributed by atoms with Gasteiger partial charge in [-0.25, -0.2) is 4.79 Å². The molecule has 1 aliphatic rings. The Morgan fingerprint density at radius 1 is 0.933 bits per heavy atom. The van der Waals surface area contributed by atoms with Crippen molar-refractivity contribution in [2.75, 3.05) is 0 Å². The Labute approximate surface area is 172 Å². The van der Waals surface area contributed by atoms with Crippen LogP contribution in [0.4, 0.5) is 0 Å². The van der Waals surface area contributed by atoms with Gasteiger partial charge in [-0.3, -0.25) is 9.36 Å². The molecular weight excluding hydrogens is 378 g/mol. The van der Waals surface area contributed by atoms with Crippen molar-refractivity contribution in [3.63, 3.8) is 0 Å². The Bertz CT molecular complexity index is 1260. The lowest BCUT2D eigenvalue weighted by Gasteiger charge is -2.28. The number of amides is 1. The van der Waals surface area contributed by atoms with Gasteiger partial charge in [0, 0.05) is 28.6 Å². The van der Waals surface area contributed by atoms with Gasteiger partial charge in [0.25, 0.3) is 5.91 Å². The van der Waals surface area contributed by atoms with E-state index in [0.29, 0.717) is 11.3 Å². The highest BCUT2D eigenvalue weighted by molar-refractivity contribution is 5.95. The van der Waals surface area contributed by atoms with E-state index in [1.165, 1.54) is 0 Å². The molecule has 0 fully saturated rings. The van der Waals surface area contributed by atoms with E-state index in [-0.39, 0.29) is 17.6 Å². The summed E-state index contributed by atoms with van der Waals surface area (Å²) in [4.78, 5) is 27.7. The predicted octanol–water partition coefficient (Wildman–Crippen LogP) is 4.10. The third kappa shape index (κ3) is 2.99. The maximum absolute atomic E-state index is 13.0. The maximum atomic E-state index is 13.0. The van der Waals surface area contributed by atoms with E-state index in [9.17, 15) is 9.59 Å². The second-order valence-corrected chi connectivity index (χ2v) is 7.20. The summed E-state index contributed by atoms with van der Waals surface area (Å²) in [5.41, 5.74) is 3.64. The second kappa shape index (κ2) is 7.08. The molecule has 1 aliphatic heterocycles. The minimum atomic E-state index is -0.312.